The lowest BCUT2D eigenvalue weighted by molar-refractivity contribution is -0.132. The average Bonchev–Trinajstić information content (AvgIpc) is 2.68. The van der Waals surface area contributed by atoms with Crippen molar-refractivity contribution in [2.45, 2.75) is 40.0 Å². The molecule has 1 fully saturated rings. The van der Waals surface area contributed by atoms with Crippen molar-refractivity contribution < 1.29 is 14.0 Å². The first-order valence-corrected chi connectivity index (χ1v) is 6.06. The Bertz CT molecular complexity index is 454. The summed E-state index contributed by atoms with van der Waals surface area (Å²) in [6.07, 6.45) is 3.98. The van der Waals surface area contributed by atoms with Gasteiger partial charge in [0.15, 0.2) is 5.78 Å². The van der Waals surface area contributed by atoms with E-state index in [2.05, 4.69) is 0 Å². The van der Waals surface area contributed by atoms with Gasteiger partial charge in [0.1, 0.15) is 11.5 Å². The highest BCUT2D eigenvalue weighted by molar-refractivity contribution is 6.12. The highest BCUT2D eigenvalue weighted by Gasteiger charge is 2.41. The number of carbonyl (C=O) groups is 2. The lowest BCUT2D eigenvalue weighted by atomic mass is 9.69. The monoisotopic (exact) mass is 234 g/mol. The molecule has 0 radical (unpaired) electrons. The summed E-state index contributed by atoms with van der Waals surface area (Å²) in [6, 6.07) is 1.66. The Balaban J connectivity index is 2.26. The summed E-state index contributed by atoms with van der Waals surface area (Å²) in [5.74, 6) is 0.129. The normalized spacial score (nSPS) is 23.7. The van der Waals surface area contributed by atoms with Crippen LogP contribution in [-0.4, -0.2) is 11.6 Å². The van der Waals surface area contributed by atoms with Gasteiger partial charge in [-0.25, -0.2) is 0 Å². The number of Topliss-reactive ketones (excluding diaryl/α,β-unsaturated/α-hetero) is 2. The molecule has 0 aromatic carbocycles. The third-order valence-corrected chi connectivity index (χ3v) is 3.72. The molecule has 92 valence electrons. The molecule has 1 unspecified atom stereocenters. The predicted molar refractivity (Wildman–Crippen MR) is 63.9 cm³/mol. The van der Waals surface area contributed by atoms with Crippen molar-refractivity contribution in [1.29, 1.82) is 0 Å². The number of rotatable bonds is 2. The summed E-state index contributed by atoms with van der Waals surface area (Å²) in [6.45, 7) is 5.61. The van der Waals surface area contributed by atoms with Crippen LogP contribution in [0, 0.1) is 18.3 Å². The Hall–Kier alpha value is -1.38. The Morgan fingerprint density at radius 3 is 2.76 bits per heavy atom. The van der Waals surface area contributed by atoms with Crippen LogP contribution >= 0.6 is 0 Å². The largest absolute Gasteiger partial charge is 0.469 e. The second kappa shape index (κ2) is 4.13. The summed E-state index contributed by atoms with van der Waals surface area (Å²) in [7, 11) is 0. The molecule has 1 aliphatic carbocycles. The maximum absolute atomic E-state index is 12.3. The van der Waals surface area contributed by atoms with Gasteiger partial charge in [-0.05, 0) is 25.8 Å². The first-order valence-electron chi connectivity index (χ1n) is 6.06. The van der Waals surface area contributed by atoms with Gasteiger partial charge in [0.05, 0.1) is 17.7 Å². The zero-order valence-electron chi connectivity index (χ0n) is 10.6. The Kier molecular flexibility index (Phi) is 2.94. The minimum atomic E-state index is -0.477. The van der Waals surface area contributed by atoms with Crippen molar-refractivity contribution in [1.82, 2.24) is 0 Å². The zero-order valence-corrected chi connectivity index (χ0v) is 10.6. The summed E-state index contributed by atoms with van der Waals surface area (Å²) < 4.78 is 5.13. The van der Waals surface area contributed by atoms with E-state index in [1.165, 1.54) is 6.26 Å². The van der Waals surface area contributed by atoms with Gasteiger partial charge < -0.3 is 4.42 Å². The summed E-state index contributed by atoms with van der Waals surface area (Å²) in [5, 5.41) is 0. The van der Waals surface area contributed by atoms with Crippen LogP contribution in [0.5, 0.6) is 0 Å². The molecule has 1 atom stereocenters. The molecule has 0 bridgehead atoms. The molecule has 0 saturated heterocycles. The second-order valence-electron chi connectivity index (χ2n) is 5.45. The number of hydrogen-bond acceptors (Lipinski definition) is 3. The quantitative estimate of drug-likeness (QED) is 0.583. The molecule has 1 aliphatic rings. The van der Waals surface area contributed by atoms with Gasteiger partial charge in [-0.15, -0.1) is 0 Å². The van der Waals surface area contributed by atoms with E-state index >= 15 is 0 Å². The van der Waals surface area contributed by atoms with Crippen molar-refractivity contribution >= 4 is 11.6 Å². The number of ketones is 2. The van der Waals surface area contributed by atoms with E-state index in [9.17, 15) is 9.59 Å². The van der Waals surface area contributed by atoms with E-state index < -0.39 is 5.92 Å². The van der Waals surface area contributed by atoms with Crippen molar-refractivity contribution in [2.75, 3.05) is 0 Å². The van der Waals surface area contributed by atoms with Crippen LogP contribution in [0.2, 0.25) is 0 Å². The first kappa shape index (κ1) is 12.1. The van der Waals surface area contributed by atoms with E-state index in [-0.39, 0.29) is 17.0 Å². The van der Waals surface area contributed by atoms with Crippen LogP contribution in [0.3, 0.4) is 0 Å². The van der Waals surface area contributed by atoms with E-state index in [4.69, 9.17) is 4.42 Å². The van der Waals surface area contributed by atoms with Crippen LogP contribution in [0.4, 0.5) is 0 Å². The average molecular weight is 234 g/mol. The third kappa shape index (κ3) is 2.06. The SMILES string of the molecule is Cc1occc1C(=O)C1CCCC(C)(C)C1=O. The highest BCUT2D eigenvalue weighted by atomic mass is 16.3. The van der Waals surface area contributed by atoms with Gasteiger partial charge in [0.2, 0.25) is 0 Å². The maximum atomic E-state index is 12.3. The second-order valence-corrected chi connectivity index (χ2v) is 5.45. The fraction of sp³-hybridized carbons (Fsp3) is 0.571. The maximum Gasteiger partial charge on any atom is 0.176 e. The van der Waals surface area contributed by atoms with Gasteiger partial charge in [-0.1, -0.05) is 20.3 Å². The number of carbonyl (C=O) groups excluding carboxylic acids is 2. The minimum Gasteiger partial charge on any atom is -0.469 e. The zero-order chi connectivity index (χ0) is 12.6. The molecule has 1 aromatic heterocycles. The Morgan fingerprint density at radius 1 is 1.47 bits per heavy atom. The van der Waals surface area contributed by atoms with Crippen molar-refractivity contribution in [3.05, 3.63) is 23.7 Å². The first-order chi connectivity index (χ1) is 7.93. The van der Waals surface area contributed by atoms with E-state index in [0.717, 1.165) is 12.8 Å². The molecular weight excluding hydrogens is 216 g/mol. The molecule has 3 heteroatoms. The minimum absolute atomic E-state index is 0.0750. The Labute approximate surface area is 101 Å². The van der Waals surface area contributed by atoms with Gasteiger partial charge in [-0.2, -0.15) is 0 Å². The summed E-state index contributed by atoms with van der Waals surface area (Å²) >= 11 is 0. The fourth-order valence-corrected chi connectivity index (χ4v) is 2.55. The van der Waals surface area contributed by atoms with Gasteiger partial charge >= 0.3 is 0 Å². The molecule has 1 saturated carbocycles. The van der Waals surface area contributed by atoms with Crippen molar-refractivity contribution in [2.24, 2.45) is 11.3 Å². The summed E-state index contributed by atoms with van der Waals surface area (Å²) in [4.78, 5) is 24.5. The van der Waals surface area contributed by atoms with E-state index in [1.54, 1.807) is 13.0 Å². The van der Waals surface area contributed by atoms with Gasteiger partial charge in [0, 0.05) is 5.41 Å². The van der Waals surface area contributed by atoms with Crippen LogP contribution in [0.15, 0.2) is 16.7 Å². The molecule has 3 nitrogen and oxygen atoms in total. The van der Waals surface area contributed by atoms with E-state index in [1.807, 2.05) is 13.8 Å². The topological polar surface area (TPSA) is 47.3 Å². The molecule has 17 heavy (non-hydrogen) atoms. The lowest BCUT2D eigenvalue weighted by Crippen LogP contribution is -2.39. The lowest BCUT2D eigenvalue weighted by Gasteiger charge is -2.32. The fourth-order valence-electron chi connectivity index (χ4n) is 2.55. The standard InChI is InChI=1S/C14H18O3/c1-9-10(6-8-17-9)12(15)11-5-4-7-14(2,3)13(11)16/h6,8,11H,4-5,7H2,1-3H3. The molecule has 0 N–H and O–H groups in total. The molecule has 0 amide bonds. The van der Waals surface area contributed by atoms with Crippen LogP contribution < -0.4 is 0 Å². The summed E-state index contributed by atoms with van der Waals surface area (Å²) in [5.41, 5.74) is 0.192. The van der Waals surface area contributed by atoms with Crippen molar-refractivity contribution in [3.8, 4) is 0 Å². The number of aryl methyl sites for hydroxylation is 1. The molecule has 1 aromatic rings. The predicted octanol–water partition coefficient (Wildman–Crippen LogP) is 3.17. The van der Waals surface area contributed by atoms with Crippen LogP contribution in [0.1, 0.15) is 49.2 Å². The third-order valence-electron chi connectivity index (χ3n) is 3.72. The van der Waals surface area contributed by atoms with Crippen LogP contribution in [0.25, 0.3) is 0 Å². The van der Waals surface area contributed by atoms with Crippen LogP contribution in [-0.2, 0) is 4.79 Å². The molecule has 0 aliphatic heterocycles. The van der Waals surface area contributed by atoms with Gasteiger partial charge in [0.25, 0.3) is 0 Å². The number of furan rings is 1. The van der Waals surface area contributed by atoms with E-state index in [0.29, 0.717) is 17.7 Å². The Morgan fingerprint density at radius 2 is 2.18 bits per heavy atom. The molecule has 2 rings (SSSR count). The highest BCUT2D eigenvalue weighted by Crippen LogP contribution is 2.37. The number of hydrogen-bond donors (Lipinski definition) is 0. The van der Waals surface area contributed by atoms with Gasteiger partial charge in [-0.3, -0.25) is 9.59 Å². The van der Waals surface area contributed by atoms with Crippen molar-refractivity contribution in [3.63, 3.8) is 0 Å². The molecule has 1 heterocycles. The smallest absolute Gasteiger partial charge is 0.176 e. The molecule has 0 spiro atoms. The molecular formula is C14H18O3.